The van der Waals surface area contributed by atoms with Crippen LogP contribution in [0.3, 0.4) is 0 Å². The van der Waals surface area contributed by atoms with E-state index in [0.29, 0.717) is 25.9 Å². The van der Waals surface area contributed by atoms with Crippen LogP contribution in [0.25, 0.3) is 0 Å². The number of carbonyl (C=O) groups excluding carboxylic acids is 3. The van der Waals surface area contributed by atoms with Gasteiger partial charge in [-0.25, -0.2) is 0 Å². The van der Waals surface area contributed by atoms with Crippen molar-refractivity contribution in [3.63, 3.8) is 0 Å². The zero-order valence-corrected chi connectivity index (χ0v) is 16.6. The van der Waals surface area contributed by atoms with E-state index in [0.717, 1.165) is 0 Å². The number of amides is 3. The van der Waals surface area contributed by atoms with E-state index in [1.165, 1.54) is 13.1 Å². The molecule has 1 aliphatic heterocycles. The predicted molar refractivity (Wildman–Crippen MR) is 106 cm³/mol. The Hall–Kier alpha value is -2.58. The van der Waals surface area contributed by atoms with Crippen molar-refractivity contribution in [2.45, 2.75) is 25.8 Å². The van der Waals surface area contributed by atoms with E-state index in [1.54, 1.807) is 23.1 Å². The zero-order valence-electron chi connectivity index (χ0n) is 15.1. The minimum atomic E-state index is -0.541. The number of carbonyl (C=O) groups is 3. The first-order chi connectivity index (χ1) is 13.4. The van der Waals surface area contributed by atoms with Gasteiger partial charge in [0.25, 0.3) is 11.8 Å². The Morgan fingerprint density at radius 3 is 2.39 bits per heavy atom. The quantitative estimate of drug-likeness (QED) is 0.702. The van der Waals surface area contributed by atoms with Crippen LogP contribution in [0.4, 0.5) is 5.69 Å². The van der Waals surface area contributed by atoms with Crippen LogP contribution in [0.2, 0.25) is 10.0 Å². The average molecular weight is 424 g/mol. The fourth-order valence-electron chi connectivity index (χ4n) is 3.05. The highest BCUT2D eigenvalue weighted by atomic mass is 35.5. The first-order valence-corrected chi connectivity index (χ1v) is 9.47. The number of hydrogen-bond acceptors (Lipinski definition) is 4. The maximum atomic E-state index is 12.6. The summed E-state index contributed by atoms with van der Waals surface area (Å²) in [5.74, 6) is -0.901. The van der Waals surface area contributed by atoms with Crippen LogP contribution >= 0.6 is 23.2 Å². The summed E-state index contributed by atoms with van der Waals surface area (Å²) in [6.07, 6.45) is 2.67. The fraction of sp³-hybridized carbons (Fsp3) is 0.333. The van der Waals surface area contributed by atoms with Crippen molar-refractivity contribution in [2.24, 2.45) is 0 Å². The van der Waals surface area contributed by atoms with Crippen molar-refractivity contribution in [1.82, 2.24) is 20.4 Å². The third-order valence-corrected chi connectivity index (χ3v) is 5.21. The highest BCUT2D eigenvalue weighted by Crippen LogP contribution is 2.25. The number of H-pyrrole nitrogens is 1. The van der Waals surface area contributed by atoms with Gasteiger partial charge >= 0.3 is 0 Å². The second kappa shape index (κ2) is 8.62. The SMILES string of the molecule is CC(=O)N1CCC(NC(=O)c2[nH]ncc2NC(=O)c2c(Cl)cccc2Cl)CC1. The molecule has 2 aromatic rings. The van der Waals surface area contributed by atoms with E-state index in [-0.39, 0.29) is 44.8 Å². The minimum Gasteiger partial charge on any atom is -0.348 e. The van der Waals surface area contributed by atoms with Gasteiger partial charge < -0.3 is 15.5 Å². The second-order valence-corrected chi connectivity index (χ2v) is 7.28. The molecule has 2 heterocycles. The lowest BCUT2D eigenvalue weighted by atomic mass is 10.0. The summed E-state index contributed by atoms with van der Waals surface area (Å²) in [5.41, 5.74) is 0.472. The van der Waals surface area contributed by atoms with Crippen LogP contribution < -0.4 is 10.6 Å². The molecule has 1 saturated heterocycles. The Kier molecular flexibility index (Phi) is 6.21. The predicted octanol–water partition coefficient (Wildman–Crippen LogP) is 2.71. The van der Waals surface area contributed by atoms with E-state index in [9.17, 15) is 14.4 Å². The van der Waals surface area contributed by atoms with Crippen molar-refractivity contribution in [1.29, 1.82) is 0 Å². The summed E-state index contributed by atoms with van der Waals surface area (Å²) < 4.78 is 0. The van der Waals surface area contributed by atoms with E-state index in [2.05, 4.69) is 20.8 Å². The molecule has 10 heteroatoms. The van der Waals surface area contributed by atoms with Gasteiger partial charge in [0, 0.05) is 26.1 Å². The summed E-state index contributed by atoms with van der Waals surface area (Å²) >= 11 is 12.1. The van der Waals surface area contributed by atoms with Gasteiger partial charge in [-0.05, 0) is 25.0 Å². The molecule has 3 rings (SSSR count). The molecule has 0 bridgehead atoms. The third kappa shape index (κ3) is 4.45. The van der Waals surface area contributed by atoms with Crippen molar-refractivity contribution in [3.05, 3.63) is 45.7 Å². The molecule has 8 nitrogen and oxygen atoms in total. The molecular weight excluding hydrogens is 405 g/mol. The number of anilines is 1. The average Bonchev–Trinajstić information content (AvgIpc) is 3.10. The number of rotatable bonds is 4. The second-order valence-electron chi connectivity index (χ2n) is 6.46. The zero-order chi connectivity index (χ0) is 20.3. The highest BCUT2D eigenvalue weighted by Gasteiger charge is 2.25. The molecule has 1 aromatic heterocycles. The van der Waals surface area contributed by atoms with Crippen LogP contribution in [-0.2, 0) is 4.79 Å². The lowest BCUT2D eigenvalue weighted by molar-refractivity contribution is -0.129. The number of piperidine rings is 1. The Labute approximate surface area is 171 Å². The number of likely N-dealkylation sites (tertiary alicyclic amines) is 1. The molecule has 3 N–H and O–H groups in total. The summed E-state index contributed by atoms with van der Waals surface area (Å²) in [7, 11) is 0. The van der Waals surface area contributed by atoms with E-state index in [4.69, 9.17) is 23.2 Å². The number of aromatic amines is 1. The minimum absolute atomic E-state index is 0.0292. The number of hydrogen-bond donors (Lipinski definition) is 3. The van der Waals surface area contributed by atoms with Gasteiger partial charge in [0.15, 0.2) is 0 Å². The first kappa shape index (κ1) is 20.2. The standard InChI is InChI=1S/C18H19Cl2N5O3/c1-10(26)25-7-5-11(6-8-25)22-18(28)16-14(9-21-24-16)23-17(27)15-12(19)3-2-4-13(15)20/h2-4,9,11H,5-8H2,1H3,(H,21,24)(H,22,28)(H,23,27). The molecule has 1 aliphatic rings. The highest BCUT2D eigenvalue weighted by molar-refractivity contribution is 6.40. The van der Waals surface area contributed by atoms with Crippen LogP contribution in [0.5, 0.6) is 0 Å². The molecule has 0 unspecified atom stereocenters. The van der Waals surface area contributed by atoms with E-state index in [1.807, 2.05) is 0 Å². The van der Waals surface area contributed by atoms with Gasteiger partial charge in [0.05, 0.1) is 27.5 Å². The molecule has 0 aliphatic carbocycles. The van der Waals surface area contributed by atoms with Gasteiger partial charge in [-0.1, -0.05) is 29.3 Å². The summed E-state index contributed by atoms with van der Waals surface area (Å²) in [5, 5.41) is 12.4. The Morgan fingerprint density at radius 2 is 1.79 bits per heavy atom. The van der Waals surface area contributed by atoms with Crippen LogP contribution in [-0.4, -0.2) is 52.0 Å². The van der Waals surface area contributed by atoms with Crippen molar-refractivity contribution in [2.75, 3.05) is 18.4 Å². The lowest BCUT2D eigenvalue weighted by Gasteiger charge is -2.31. The van der Waals surface area contributed by atoms with Crippen LogP contribution in [0.1, 0.15) is 40.6 Å². The topological polar surface area (TPSA) is 107 Å². The fourth-order valence-corrected chi connectivity index (χ4v) is 3.62. The van der Waals surface area contributed by atoms with Crippen molar-refractivity contribution in [3.8, 4) is 0 Å². The third-order valence-electron chi connectivity index (χ3n) is 4.58. The van der Waals surface area contributed by atoms with Crippen LogP contribution in [0.15, 0.2) is 24.4 Å². The number of nitrogens with zero attached hydrogens (tertiary/aromatic N) is 2. The maximum absolute atomic E-state index is 12.6. The van der Waals surface area contributed by atoms with Gasteiger partial charge in [0.1, 0.15) is 5.69 Å². The molecule has 148 valence electrons. The summed E-state index contributed by atoms with van der Waals surface area (Å²) in [6, 6.07) is 4.68. The number of nitrogens with one attached hydrogen (secondary N) is 3. The van der Waals surface area contributed by atoms with Gasteiger partial charge in [0.2, 0.25) is 5.91 Å². The molecule has 0 saturated carbocycles. The van der Waals surface area contributed by atoms with Gasteiger partial charge in [-0.15, -0.1) is 0 Å². The van der Waals surface area contributed by atoms with E-state index < -0.39 is 5.91 Å². The lowest BCUT2D eigenvalue weighted by Crippen LogP contribution is -2.46. The smallest absolute Gasteiger partial charge is 0.271 e. The Morgan fingerprint density at radius 1 is 1.14 bits per heavy atom. The van der Waals surface area contributed by atoms with Gasteiger partial charge in [-0.3, -0.25) is 19.5 Å². The monoisotopic (exact) mass is 423 g/mol. The van der Waals surface area contributed by atoms with Crippen LogP contribution in [0, 0.1) is 0 Å². The molecule has 1 fully saturated rings. The first-order valence-electron chi connectivity index (χ1n) is 8.72. The molecule has 28 heavy (non-hydrogen) atoms. The van der Waals surface area contributed by atoms with Crippen molar-refractivity contribution < 1.29 is 14.4 Å². The molecule has 0 atom stereocenters. The summed E-state index contributed by atoms with van der Waals surface area (Å²) in [4.78, 5) is 38.3. The normalized spacial score (nSPS) is 14.6. The molecule has 0 radical (unpaired) electrons. The maximum Gasteiger partial charge on any atom is 0.271 e. The Bertz CT molecular complexity index is 886. The van der Waals surface area contributed by atoms with Crippen molar-refractivity contribution >= 4 is 46.6 Å². The molecule has 0 spiro atoms. The number of halogens is 2. The molecule has 3 amide bonds. The van der Waals surface area contributed by atoms with Gasteiger partial charge in [-0.2, -0.15) is 5.10 Å². The number of benzene rings is 1. The Balaban J connectivity index is 1.66. The summed E-state index contributed by atoms with van der Waals surface area (Å²) in [6.45, 7) is 2.72. The molecule has 1 aromatic carbocycles. The molecular formula is C18H19Cl2N5O3. The number of aromatic nitrogens is 2. The largest absolute Gasteiger partial charge is 0.348 e. The van der Waals surface area contributed by atoms with E-state index >= 15 is 0 Å².